The van der Waals surface area contributed by atoms with Gasteiger partial charge in [0.25, 0.3) is 5.91 Å². The number of hydrogen-bond donors (Lipinski definition) is 6. The van der Waals surface area contributed by atoms with Gasteiger partial charge >= 0.3 is 0 Å². The fraction of sp³-hybridized carbons (Fsp3) is 0.435. The zero-order chi connectivity index (χ0) is 24.8. The topological polar surface area (TPSA) is 178 Å². The Morgan fingerprint density at radius 2 is 1.73 bits per heavy atom. The van der Waals surface area contributed by atoms with Gasteiger partial charge in [0.05, 0.1) is 38.7 Å². The van der Waals surface area contributed by atoms with E-state index in [4.69, 9.17) is 5.73 Å². The molecule has 1 aromatic carbocycles. The molecule has 3 aliphatic carbocycles. The predicted octanol–water partition coefficient (Wildman–Crippen LogP) is -0.360. The largest absolute Gasteiger partial charge is 0.508 e. The lowest BCUT2D eigenvalue weighted by Crippen LogP contribution is -2.73. The molecule has 10 heteroatoms. The number of carbonyl (C=O) groups is 3. The van der Waals surface area contributed by atoms with Crippen molar-refractivity contribution in [2.24, 2.45) is 17.6 Å². The third kappa shape index (κ3) is 2.74. The molecule has 0 saturated heterocycles. The van der Waals surface area contributed by atoms with Crippen LogP contribution in [0.3, 0.4) is 0 Å². The summed E-state index contributed by atoms with van der Waals surface area (Å²) in [6.07, 6.45) is -1.58. The maximum absolute atomic E-state index is 13.8. The summed E-state index contributed by atoms with van der Waals surface area (Å²) in [7, 11) is 4.75. The molecule has 6 atom stereocenters. The van der Waals surface area contributed by atoms with Gasteiger partial charge in [0.15, 0.2) is 11.6 Å². The second-order valence-corrected chi connectivity index (χ2v) is 9.94. The second-order valence-electron chi connectivity index (χ2n) is 9.94. The minimum atomic E-state index is -2.89. The van der Waals surface area contributed by atoms with E-state index >= 15 is 0 Å². The molecule has 33 heavy (non-hydrogen) atoms. The molecule has 0 radical (unpaired) electrons. The van der Waals surface area contributed by atoms with Gasteiger partial charge in [0.1, 0.15) is 22.8 Å². The fourth-order valence-corrected chi connectivity index (χ4v) is 5.85. The number of hydrogen-bond acceptors (Lipinski definition) is 8. The lowest BCUT2D eigenvalue weighted by atomic mass is 9.54. The van der Waals surface area contributed by atoms with Gasteiger partial charge in [0, 0.05) is 11.5 Å². The Morgan fingerprint density at radius 3 is 2.27 bits per heavy atom. The maximum Gasteiger partial charge on any atom is 0.256 e. The molecule has 0 spiro atoms. The molecule has 4 rings (SSSR count). The van der Waals surface area contributed by atoms with Crippen molar-refractivity contribution in [1.29, 1.82) is 0 Å². The summed E-state index contributed by atoms with van der Waals surface area (Å²) in [6.45, 7) is 1.69. The van der Waals surface area contributed by atoms with Crippen molar-refractivity contribution in [2.75, 3.05) is 21.1 Å². The number of rotatable bonds is 2. The molecule has 1 saturated carbocycles. The number of aliphatic hydroxyl groups is 4. The second kappa shape index (κ2) is 6.89. The third-order valence-corrected chi connectivity index (χ3v) is 7.27. The summed E-state index contributed by atoms with van der Waals surface area (Å²) in [4.78, 5) is 39.1. The van der Waals surface area contributed by atoms with Crippen LogP contribution in [0.2, 0.25) is 0 Å². The zero-order valence-corrected chi connectivity index (χ0v) is 18.6. The van der Waals surface area contributed by atoms with Crippen molar-refractivity contribution in [3.05, 3.63) is 46.2 Å². The average molecular weight is 459 g/mol. The van der Waals surface area contributed by atoms with Gasteiger partial charge in [-0.2, -0.15) is 0 Å². The van der Waals surface area contributed by atoms with Crippen LogP contribution in [0.1, 0.15) is 24.0 Å². The highest BCUT2D eigenvalue weighted by molar-refractivity contribution is 6.24. The number of phenolic OH excluding ortho intramolecular Hbond substituents is 1. The Hall–Kier alpha value is -3.21. The van der Waals surface area contributed by atoms with Crippen LogP contribution in [-0.2, 0) is 14.4 Å². The smallest absolute Gasteiger partial charge is 0.256 e. The van der Waals surface area contributed by atoms with Gasteiger partial charge < -0.3 is 35.7 Å². The minimum Gasteiger partial charge on any atom is -0.508 e. The molecule has 0 bridgehead atoms. The third-order valence-electron chi connectivity index (χ3n) is 7.27. The van der Waals surface area contributed by atoms with Gasteiger partial charge in [-0.15, -0.1) is 0 Å². The zero-order valence-electron chi connectivity index (χ0n) is 18.6. The Bertz CT molecular complexity index is 1180. The number of carbonyl (C=O) groups excluding carboxylic acids is 3. The first-order valence-corrected chi connectivity index (χ1v) is 10.5. The maximum atomic E-state index is 13.8. The summed E-state index contributed by atoms with van der Waals surface area (Å²) in [5.41, 5.74) is 1.56. The lowest BCUT2D eigenvalue weighted by Gasteiger charge is -2.54. The monoisotopic (exact) mass is 459 g/mol. The molecule has 0 heterocycles. The Balaban J connectivity index is 2.09. The molecule has 1 aromatic rings. The van der Waals surface area contributed by atoms with E-state index in [1.165, 1.54) is 6.07 Å². The SMILES string of the molecule is C[C@H]1c2cccc(O)c2C(O)=C2C(=O)[C@]3(O)C(O)=C(C(N)=O)C(=O)[C@@H]([N+](C)(C)C)C3[C@H](O)C21. The van der Waals surface area contributed by atoms with Crippen LogP contribution in [0.15, 0.2) is 35.1 Å². The van der Waals surface area contributed by atoms with Gasteiger partial charge in [-0.25, -0.2) is 0 Å². The van der Waals surface area contributed by atoms with E-state index in [2.05, 4.69) is 0 Å². The first-order chi connectivity index (χ1) is 15.2. The number of aromatic hydroxyl groups is 1. The van der Waals surface area contributed by atoms with E-state index in [1.54, 1.807) is 40.2 Å². The first kappa shape index (κ1) is 23.0. The predicted molar refractivity (Wildman–Crippen MR) is 115 cm³/mol. The highest BCUT2D eigenvalue weighted by Gasteiger charge is 2.70. The molecule has 176 valence electrons. The summed E-state index contributed by atoms with van der Waals surface area (Å²) in [5, 5.41) is 55.3. The number of quaternary nitrogens is 1. The van der Waals surface area contributed by atoms with E-state index in [1.807, 2.05) is 0 Å². The number of Topliss-reactive ketones (excluding diaryl/α,β-unsaturated/α-hetero) is 2. The molecule has 1 amide bonds. The average Bonchev–Trinajstić information content (AvgIpc) is 2.69. The lowest BCUT2D eigenvalue weighted by molar-refractivity contribution is -0.891. The number of aliphatic hydroxyl groups excluding tert-OH is 3. The van der Waals surface area contributed by atoms with Crippen LogP contribution in [0.5, 0.6) is 5.75 Å². The summed E-state index contributed by atoms with van der Waals surface area (Å²) in [6, 6.07) is 3.20. The standard InChI is InChI=1S/C23H26N2O8/c1-8-9-6-5-7-10(26)12(9)17(27)13-11(8)18(28)15-16(25(2,3)4)19(29)14(22(24)32)21(31)23(15,33)20(13)30/h5-8,11,15-16,18,28,33H,1-4H3,(H4-,24,26,27,29,30,31,32)/p+1/t8-,11?,15?,16-,18+,23-/m0/s1. The van der Waals surface area contributed by atoms with Crippen LogP contribution in [0, 0.1) is 11.8 Å². The van der Waals surface area contributed by atoms with Crippen LogP contribution in [-0.4, -0.2) is 86.4 Å². The number of nitrogens with two attached hydrogens (primary N) is 1. The Morgan fingerprint density at radius 1 is 1.12 bits per heavy atom. The molecule has 3 aliphatic rings. The van der Waals surface area contributed by atoms with E-state index in [-0.39, 0.29) is 15.8 Å². The highest BCUT2D eigenvalue weighted by atomic mass is 16.4. The molecule has 2 unspecified atom stereocenters. The van der Waals surface area contributed by atoms with E-state index < -0.39 is 75.6 Å². The molecule has 10 nitrogen and oxygen atoms in total. The van der Waals surface area contributed by atoms with Crippen LogP contribution in [0.25, 0.3) is 5.76 Å². The normalized spacial score (nSPS) is 34.1. The van der Waals surface area contributed by atoms with E-state index in [9.17, 15) is 39.9 Å². The number of likely N-dealkylation sites (N-methyl/N-ethyl adjacent to an activating group) is 1. The minimum absolute atomic E-state index is 0.0208. The van der Waals surface area contributed by atoms with Crippen molar-refractivity contribution in [3.63, 3.8) is 0 Å². The van der Waals surface area contributed by atoms with Gasteiger partial charge in [-0.3, -0.25) is 14.4 Å². The summed E-state index contributed by atoms with van der Waals surface area (Å²) in [5.74, 6) is -8.78. The molecule has 0 aromatic heterocycles. The number of benzene rings is 1. The number of primary amides is 1. The van der Waals surface area contributed by atoms with Gasteiger partial charge in [-0.1, -0.05) is 19.1 Å². The highest BCUT2D eigenvalue weighted by Crippen LogP contribution is 2.56. The van der Waals surface area contributed by atoms with Crippen LogP contribution >= 0.6 is 0 Å². The molecular weight excluding hydrogens is 432 g/mol. The van der Waals surface area contributed by atoms with Gasteiger partial charge in [0.2, 0.25) is 11.6 Å². The number of ketones is 2. The van der Waals surface area contributed by atoms with Crippen molar-refractivity contribution in [1.82, 2.24) is 0 Å². The quantitative estimate of drug-likeness (QED) is 0.256. The summed E-state index contributed by atoms with van der Waals surface area (Å²) >= 11 is 0. The molecule has 1 fully saturated rings. The number of fused-ring (bicyclic) bond motifs is 3. The van der Waals surface area contributed by atoms with Crippen molar-refractivity contribution >= 4 is 23.2 Å². The summed E-state index contributed by atoms with van der Waals surface area (Å²) < 4.78 is -0.191. The van der Waals surface area contributed by atoms with Crippen molar-refractivity contribution in [2.45, 2.75) is 30.6 Å². The number of amides is 1. The molecule has 0 aliphatic heterocycles. The van der Waals surface area contributed by atoms with E-state index in [0.29, 0.717) is 5.56 Å². The van der Waals surface area contributed by atoms with Crippen LogP contribution in [0.4, 0.5) is 0 Å². The number of nitrogens with zero attached hydrogens (tertiary/aromatic N) is 1. The van der Waals surface area contributed by atoms with E-state index in [0.717, 1.165) is 0 Å². The van der Waals surface area contributed by atoms with Crippen LogP contribution < -0.4 is 5.73 Å². The Kier molecular flexibility index (Phi) is 4.80. The molecule has 7 N–H and O–H groups in total. The first-order valence-electron chi connectivity index (χ1n) is 10.5. The van der Waals surface area contributed by atoms with Crippen molar-refractivity contribution < 1.29 is 44.4 Å². The Labute approximate surface area is 189 Å². The fourth-order valence-electron chi connectivity index (χ4n) is 5.85. The molecular formula is C23H27N2O8+. The van der Waals surface area contributed by atoms with Crippen molar-refractivity contribution in [3.8, 4) is 5.75 Å². The number of phenols is 1. The van der Waals surface area contributed by atoms with Gasteiger partial charge in [-0.05, 0) is 17.5 Å².